The number of ether oxygens (including phenoxy) is 1. The number of nitrogens with one attached hydrogen (secondary N) is 2. The van der Waals surface area contributed by atoms with E-state index in [0.717, 1.165) is 5.56 Å². The Morgan fingerprint density at radius 3 is 2.46 bits per heavy atom. The molecule has 28 heavy (non-hydrogen) atoms. The summed E-state index contributed by atoms with van der Waals surface area (Å²) in [6, 6.07) is 13.9. The number of aryl methyl sites for hydroxylation is 1. The zero-order valence-electron chi connectivity index (χ0n) is 15.8. The fourth-order valence-corrected chi connectivity index (χ4v) is 2.57. The molecule has 0 spiro atoms. The number of Topliss-reactive ketones (excluding diaryl/α,β-unsaturated/α-hetero) is 1. The standard InChI is InChI=1S/C21H20N4O3/c1-13-4-9-19(28-3)18(12-13)25-21-22-11-10-17(24-21)20(27)23-16-7-5-15(6-8-16)14(2)26/h4-12H,1-3H3,(H,23,27)(H,22,24,25). The Morgan fingerprint density at radius 2 is 1.79 bits per heavy atom. The van der Waals surface area contributed by atoms with E-state index in [0.29, 0.717) is 22.7 Å². The monoisotopic (exact) mass is 376 g/mol. The molecule has 0 aliphatic carbocycles. The van der Waals surface area contributed by atoms with Crippen LogP contribution < -0.4 is 15.4 Å². The van der Waals surface area contributed by atoms with Crippen molar-refractivity contribution in [3.63, 3.8) is 0 Å². The molecule has 142 valence electrons. The summed E-state index contributed by atoms with van der Waals surface area (Å²) in [5, 5.41) is 5.83. The van der Waals surface area contributed by atoms with Gasteiger partial charge in [0.1, 0.15) is 11.4 Å². The number of hydrogen-bond donors (Lipinski definition) is 2. The van der Waals surface area contributed by atoms with Crippen molar-refractivity contribution >= 4 is 29.0 Å². The van der Waals surface area contributed by atoms with Crippen LogP contribution in [-0.4, -0.2) is 28.8 Å². The van der Waals surface area contributed by atoms with Gasteiger partial charge in [0.05, 0.1) is 12.8 Å². The summed E-state index contributed by atoms with van der Waals surface area (Å²) in [5.41, 5.74) is 3.12. The second-order valence-electron chi connectivity index (χ2n) is 6.18. The van der Waals surface area contributed by atoms with E-state index < -0.39 is 0 Å². The Labute approximate surface area is 162 Å². The van der Waals surface area contributed by atoms with Crippen LogP contribution in [-0.2, 0) is 0 Å². The van der Waals surface area contributed by atoms with E-state index in [9.17, 15) is 9.59 Å². The van der Waals surface area contributed by atoms with Crippen LogP contribution in [0.3, 0.4) is 0 Å². The SMILES string of the molecule is COc1ccc(C)cc1Nc1nccc(C(=O)Nc2ccc(C(C)=O)cc2)n1. The lowest BCUT2D eigenvalue weighted by atomic mass is 10.1. The van der Waals surface area contributed by atoms with Crippen LogP contribution in [0.15, 0.2) is 54.7 Å². The molecule has 3 rings (SSSR count). The predicted molar refractivity (Wildman–Crippen MR) is 107 cm³/mol. The third kappa shape index (κ3) is 4.50. The van der Waals surface area contributed by atoms with Crippen LogP contribution in [0.2, 0.25) is 0 Å². The van der Waals surface area contributed by atoms with Crippen molar-refractivity contribution < 1.29 is 14.3 Å². The summed E-state index contributed by atoms with van der Waals surface area (Å²) in [7, 11) is 1.58. The summed E-state index contributed by atoms with van der Waals surface area (Å²) >= 11 is 0. The molecule has 2 aromatic carbocycles. The first-order valence-corrected chi connectivity index (χ1v) is 8.63. The van der Waals surface area contributed by atoms with E-state index in [1.54, 1.807) is 31.4 Å². The average Bonchev–Trinajstić information content (AvgIpc) is 2.69. The maximum absolute atomic E-state index is 12.5. The number of methoxy groups -OCH3 is 1. The summed E-state index contributed by atoms with van der Waals surface area (Å²) in [6.45, 7) is 3.46. The Bertz CT molecular complexity index is 1020. The minimum atomic E-state index is -0.378. The lowest BCUT2D eigenvalue weighted by Gasteiger charge is -2.11. The molecule has 0 aliphatic heterocycles. The molecule has 0 saturated carbocycles. The number of carbonyl (C=O) groups excluding carboxylic acids is 2. The van der Waals surface area contributed by atoms with Gasteiger partial charge in [0, 0.05) is 17.4 Å². The number of anilines is 3. The zero-order valence-corrected chi connectivity index (χ0v) is 15.8. The third-order valence-corrected chi connectivity index (χ3v) is 4.04. The Hall–Kier alpha value is -3.74. The van der Waals surface area contributed by atoms with E-state index in [2.05, 4.69) is 20.6 Å². The van der Waals surface area contributed by atoms with Crippen molar-refractivity contribution in [1.29, 1.82) is 0 Å². The second kappa shape index (κ2) is 8.30. The highest BCUT2D eigenvalue weighted by atomic mass is 16.5. The van der Waals surface area contributed by atoms with Crippen molar-refractivity contribution in [1.82, 2.24) is 9.97 Å². The smallest absolute Gasteiger partial charge is 0.274 e. The predicted octanol–water partition coefficient (Wildman–Crippen LogP) is 3.99. The summed E-state index contributed by atoms with van der Waals surface area (Å²) in [5.74, 6) is 0.520. The van der Waals surface area contributed by atoms with Gasteiger partial charge < -0.3 is 15.4 Å². The van der Waals surface area contributed by atoms with Gasteiger partial charge in [-0.05, 0) is 61.9 Å². The largest absolute Gasteiger partial charge is 0.495 e. The van der Waals surface area contributed by atoms with E-state index in [-0.39, 0.29) is 23.3 Å². The minimum Gasteiger partial charge on any atom is -0.495 e. The van der Waals surface area contributed by atoms with Crippen LogP contribution in [0.4, 0.5) is 17.3 Å². The molecule has 1 heterocycles. The highest BCUT2D eigenvalue weighted by molar-refractivity contribution is 6.03. The molecule has 0 radical (unpaired) electrons. The lowest BCUT2D eigenvalue weighted by molar-refractivity contribution is 0.101. The minimum absolute atomic E-state index is 0.0315. The molecule has 7 nitrogen and oxygen atoms in total. The van der Waals surface area contributed by atoms with Gasteiger partial charge in [-0.1, -0.05) is 6.07 Å². The molecule has 0 saturated heterocycles. The van der Waals surface area contributed by atoms with Gasteiger partial charge in [-0.25, -0.2) is 9.97 Å². The molecule has 0 bridgehead atoms. The first kappa shape index (κ1) is 19.0. The average molecular weight is 376 g/mol. The van der Waals surface area contributed by atoms with Crippen molar-refractivity contribution in [2.24, 2.45) is 0 Å². The number of carbonyl (C=O) groups is 2. The van der Waals surface area contributed by atoms with Gasteiger partial charge in [0.15, 0.2) is 5.78 Å². The van der Waals surface area contributed by atoms with Crippen molar-refractivity contribution in [2.45, 2.75) is 13.8 Å². The van der Waals surface area contributed by atoms with Gasteiger partial charge in [0.2, 0.25) is 5.95 Å². The van der Waals surface area contributed by atoms with E-state index in [4.69, 9.17) is 4.74 Å². The quantitative estimate of drug-likeness (QED) is 0.632. The van der Waals surface area contributed by atoms with E-state index in [1.807, 2.05) is 25.1 Å². The van der Waals surface area contributed by atoms with Crippen LogP contribution >= 0.6 is 0 Å². The van der Waals surface area contributed by atoms with Crippen molar-refractivity contribution in [3.05, 3.63) is 71.5 Å². The zero-order chi connectivity index (χ0) is 20.1. The number of aromatic nitrogens is 2. The number of amides is 1. The number of hydrogen-bond acceptors (Lipinski definition) is 6. The highest BCUT2D eigenvalue weighted by Crippen LogP contribution is 2.27. The normalized spacial score (nSPS) is 10.2. The molecule has 3 aromatic rings. The summed E-state index contributed by atoms with van der Waals surface area (Å²) < 4.78 is 5.33. The number of benzene rings is 2. The van der Waals surface area contributed by atoms with Gasteiger partial charge >= 0.3 is 0 Å². The maximum atomic E-state index is 12.5. The third-order valence-electron chi connectivity index (χ3n) is 4.04. The van der Waals surface area contributed by atoms with Crippen LogP contribution in [0.25, 0.3) is 0 Å². The number of ketones is 1. The van der Waals surface area contributed by atoms with E-state index >= 15 is 0 Å². The summed E-state index contributed by atoms with van der Waals surface area (Å²) in [6.07, 6.45) is 1.51. The van der Waals surface area contributed by atoms with Gasteiger partial charge in [0.25, 0.3) is 5.91 Å². The van der Waals surface area contributed by atoms with Gasteiger partial charge in [-0.2, -0.15) is 0 Å². The second-order valence-corrected chi connectivity index (χ2v) is 6.18. The Balaban J connectivity index is 1.76. The van der Waals surface area contributed by atoms with Crippen LogP contribution in [0, 0.1) is 6.92 Å². The van der Waals surface area contributed by atoms with Crippen LogP contribution in [0.5, 0.6) is 5.75 Å². The lowest BCUT2D eigenvalue weighted by Crippen LogP contribution is -2.15. The van der Waals surface area contributed by atoms with Gasteiger partial charge in [-0.3, -0.25) is 9.59 Å². The van der Waals surface area contributed by atoms with Crippen molar-refractivity contribution in [3.8, 4) is 5.75 Å². The van der Waals surface area contributed by atoms with E-state index in [1.165, 1.54) is 19.2 Å². The number of nitrogens with zero attached hydrogens (tertiary/aromatic N) is 2. The molecule has 0 fully saturated rings. The molecular formula is C21H20N4O3. The molecule has 7 heteroatoms. The van der Waals surface area contributed by atoms with Crippen molar-refractivity contribution in [2.75, 3.05) is 17.7 Å². The topological polar surface area (TPSA) is 93.2 Å². The van der Waals surface area contributed by atoms with Gasteiger partial charge in [-0.15, -0.1) is 0 Å². The fraction of sp³-hybridized carbons (Fsp3) is 0.143. The molecular weight excluding hydrogens is 356 g/mol. The first-order chi connectivity index (χ1) is 13.5. The molecule has 0 unspecified atom stereocenters. The first-order valence-electron chi connectivity index (χ1n) is 8.63. The molecule has 1 aromatic heterocycles. The molecule has 2 N–H and O–H groups in total. The Morgan fingerprint density at radius 1 is 1.04 bits per heavy atom. The fourth-order valence-electron chi connectivity index (χ4n) is 2.57. The molecule has 0 aliphatic rings. The Kier molecular flexibility index (Phi) is 5.64. The summed E-state index contributed by atoms with van der Waals surface area (Å²) in [4.78, 5) is 32.3. The molecule has 1 amide bonds. The highest BCUT2D eigenvalue weighted by Gasteiger charge is 2.11. The number of rotatable bonds is 6. The maximum Gasteiger partial charge on any atom is 0.274 e. The van der Waals surface area contributed by atoms with Crippen LogP contribution in [0.1, 0.15) is 33.3 Å². The molecule has 0 atom stereocenters.